The van der Waals surface area contributed by atoms with Gasteiger partial charge in [-0.25, -0.2) is 19.9 Å². The topological polar surface area (TPSA) is 93.2 Å². The molecule has 0 spiro atoms. The molecule has 1 heterocycles. The van der Waals surface area contributed by atoms with Gasteiger partial charge in [0.1, 0.15) is 0 Å². The standard InChI is InChI=1S/C20H28N4O4/c25-15-22(28)14-17(13-16-7-4-5-8-16)19(26)23-11-6-12-24(23)20(27)21-18-9-2-1-3-10-18/h1-3,9-10,15-17,28H,4-8,11-14H2,(H,21,27)/t17-/m1/s1. The average molecular weight is 388 g/mol. The van der Waals surface area contributed by atoms with E-state index >= 15 is 0 Å². The number of nitrogens with one attached hydrogen (secondary N) is 1. The van der Waals surface area contributed by atoms with Gasteiger partial charge in [-0.15, -0.1) is 0 Å². The van der Waals surface area contributed by atoms with Crippen LogP contribution in [-0.4, -0.2) is 58.3 Å². The van der Waals surface area contributed by atoms with Crippen molar-refractivity contribution >= 4 is 24.0 Å². The maximum Gasteiger partial charge on any atom is 0.340 e. The van der Waals surface area contributed by atoms with Crippen LogP contribution in [0.1, 0.15) is 38.5 Å². The summed E-state index contributed by atoms with van der Waals surface area (Å²) in [7, 11) is 0. The quantitative estimate of drug-likeness (QED) is 0.427. The number of hydrazine groups is 1. The fourth-order valence-corrected chi connectivity index (χ4v) is 4.14. The Bertz CT molecular complexity index is 678. The summed E-state index contributed by atoms with van der Waals surface area (Å²) in [4.78, 5) is 36.8. The lowest BCUT2D eigenvalue weighted by Crippen LogP contribution is -2.50. The van der Waals surface area contributed by atoms with E-state index < -0.39 is 5.92 Å². The first kappa shape index (κ1) is 20.1. The second-order valence-electron chi connectivity index (χ2n) is 7.54. The maximum atomic E-state index is 13.2. The van der Waals surface area contributed by atoms with Crippen molar-refractivity contribution in [3.05, 3.63) is 30.3 Å². The van der Waals surface area contributed by atoms with Crippen LogP contribution in [0.2, 0.25) is 0 Å². The van der Waals surface area contributed by atoms with Crippen molar-refractivity contribution < 1.29 is 19.6 Å². The second kappa shape index (κ2) is 9.54. The molecule has 2 N–H and O–H groups in total. The van der Waals surface area contributed by atoms with E-state index in [1.807, 2.05) is 18.2 Å². The summed E-state index contributed by atoms with van der Waals surface area (Å²) in [6.45, 7) is 0.856. The minimum atomic E-state index is -0.525. The molecule has 1 aromatic rings. The minimum absolute atomic E-state index is 0.0521. The molecule has 3 rings (SSSR count). The molecule has 0 aromatic heterocycles. The highest BCUT2D eigenvalue weighted by molar-refractivity contribution is 5.91. The zero-order valence-electron chi connectivity index (χ0n) is 16.0. The van der Waals surface area contributed by atoms with Gasteiger partial charge in [-0.1, -0.05) is 43.9 Å². The molecule has 1 saturated heterocycles. The largest absolute Gasteiger partial charge is 0.340 e. The molecule has 152 valence electrons. The highest BCUT2D eigenvalue weighted by Gasteiger charge is 2.36. The molecule has 2 aliphatic rings. The van der Waals surface area contributed by atoms with Crippen LogP contribution in [0, 0.1) is 11.8 Å². The molecular formula is C20H28N4O4. The van der Waals surface area contributed by atoms with E-state index in [2.05, 4.69) is 5.32 Å². The predicted molar refractivity (Wildman–Crippen MR) is 103 cm³/mol. The van der Waals surface area contributed by atoms with Crippen LogP contribution < -0.4 is 5.32 Å². The molecule has 4 amide bonds. The molecule has 0 unspecified atom stereocenters. The van der Waals surface area contributed by atoms with Crippen molar-refractivity contribution in [2.75, 3.05) is 25.0 Å². The van der Waals surface area contributed by atoms with Gasteiger partial charge in [0.2, 0.25) is 12.3 Å². The highest BCUT2D eigenvalue weighted by Crippen LogP contribution is 2.32. The molecule has 0 radical (unpaired) electrons. The zero-order chi connectivity index (χ0) is 19.9. The Morgan fingerprint density at radius 2 is 1.82 bits per heavy atom. The van der Waals surface area contributed by atoms with Crippen LogP contribution in [0.4, 0.5) is 10.5 Å². The van der Waals surface area contributed by atoms with E-state index in [1.165, 1.54) is 10.0 Å². The summed E-state index contributed by atoms with van der Waals surface area (Å²) in [5.74, 6) is -0.319. The number of hydrogen-bond acceptors (Lipinski definition) is 4. The normalized spacial score (nSPS) is 18.2. The second-order valence-corrected chi connectivity index (χ2v) is 7.54. The summed E-state index contributed by atoms with van der Waals surface area (Å²) in [6, 6.07) is 8.74. The number of rotatable bonds is 7. The zero-order valence-corrected chi connectivity index (χ0v) is 16.0. The predicted octanol–water partition coefficient (Wildman–Crippen LogP) is 2.71. The van der Waals surface area contributed by atoms with Gasteiger partial charge < -0.3 is 5.32 Å². The number of carbonyl (C=O) groups excluding carboxylic acids is 3. The van der Waals surface area contributed by atoms with Crippen LogP contribution in [0.5, 0.6) is 0 Å². The highest BCUT2D eigenvalue weighted by atomic mass is 16.5. The lowest BCUT2D eigenvalue weighted by molar-refractivity contribution is -0.160. The Morgan fingerprint density at radius 1 is 1.14 bits per heavy atom. The van der Waals surface area contributed by atoms with Crippen molar-refractivity contribution in [3.63, 3.8) is 0 Å². The summed E-state index contributed by atoms with van der Waals surface area (Å²) in [5.41, 5.74) is 0.664. The molecule has 2 fully saturated rings. The number of nitrogens with zero attached hydrogens (tertiary/aromatic N) is 3. The van der Waals surface area contributed by atoms with E-state index in [0.29, 0.717) is 49.0 Å². The first-order chi connectivity index (χ1) is 13.6. The number of urea groups is 1. The molecule has 1 aliphatic heterocycles. The molecule has 8 heteroatoms. The van der Waals surface area contributed by atoms with E-state index in [4.69, 9.17) is 0 Å². The van der Waals surface area contributed by atoms with Gasteiger partial charge >= 0.3 is 6.03 Å². The van der Waals surface area contributed by atoms with Crippen LogP contribution in [-0.2, 0) is 9.59 Å². The van der Waals surface area contributed by atoms with Crippen molar-refractivity contribution in [2.24, 2.45) is 11.8 Å². The number of para-hydroxylation sites is 1. The molecule has 8 nitrogen and oxygen atoms in total. The number of amides is 4. The van der Waals surface area contributed by atoms with Crippen LogP contribution in [0.15, 0.2) is 30.3 Å². The molecule has 1 aliphatic carbocycles. The molecule has 1 aromatic carbocycles. The average Bonchev–Trinajstić information content (AvgIpc) is 3.39. The smallest absolute Gasteiger partial charge is 0.306 e. The Hall–Kier alpha value is -2.61. The van der Waals surface area contributed by atoms with Gasteiger partial charge in [0, 0.05) is 18.8 Å². The van der Waals surface area contributed by atoms with Crippen molar-refractivity contribution in [2.45, 2.75) is 38.5 Å². The molecule has 1 saturated carbocycles. The summed E-state index contributed by atoms with van der Waals surface area (Å²) < 4.78 is 0. The van der Waals surface area contributed by atoms with Gasteiger partial charge in [0.25, 0.3) is 0 Å². The van der Waals surface area contributed by atoms with Crippen molar-refractivity contribution in [1.82, 2.24) is 15.1 Å². The molecular weight excluding hydrogens is 360 g/mol. The first-order valence-electron chi connectivity index (χ1n) is 9.94. The van der Waals surface area contributed by atoms with E-state index in [1.54, 1.807) is 12.1 Å². The molecule has 0 bridgehead atoms. The van der Waals surface area contributed by atoms with E-state index in [9.17, 15) is 19.6 Å². The maximum absolute atomic E-state index is 13.2. The van der Waals surface area contributed by atoms with E-state index in [-0.39, 0.29) is 18.5 Å². The Kier molecular flexibility index (Phi) is 6.86. The fourth-order valence-electron chi connectivity index (χ4n) is 4.14. The van der Waals surface area contributed by atoms with Crippen molar-refractivity contribution in [3.8, 4) is 0 Å². The Morgan fingerprint density at radius 3 is 2.50 bits per heavy atom. The van der Waals surface area contributed by atoms with Crippen molar-refractivity contribution in [1.29, 1.82) is 0 Å². The van der Waals surface area contributed by atoms with Gasteiger partial charge in [0.05, 0.1) is 12.5 Å². The van der Waals surface area contributed by atoms with E-state index in [0.717, 1.165) is 25.7 Å². The lowest BCUT2D eigenvalue weighted by atomic mass is 9.92. The fraction of sp³-hybridized carbons (Fsp3) is 0.550. The monoisotopic (exact) mass is 388 g/mol. The first-order valence-corrected chi connectivity index (χ1v) is 9.94. The van der Waals surface area contributed by atoms with Gasteiger partial charge in [-0.2, -0.15) is 0 Å². The molecule has 28 heavy (non-hydrogen) atoms. The van der Waals surface area contributed by atoms with Crippen LogP contribution >= 0.6 is 0 Å². The molecule has 1 atom stereocenters. The van der Waals surface area contributed by atoms with Gasteiger partial charge in [-0.05, 0) is 30.9 Å². The number of benzene rings is 1. The van der Waals surface area contributed by atoms with Gasteiger partial charge in [0.15, 0.2) is 0 Å². The third-order valence-electron chi connectivity index (χ3n) is 5.52. The Balaban J connectivity index is 1.68. The SMILES string of the molecule is O=CN(O)C[C@@H](CC1CCCC1)C(=O)N1CCCN1C(=O)Nc1ccccc1. The minimum Gasteiger partial charge on any atom is -0.306 e. The van der Waals surface area contributed by atoms with Crippen LogP contribution in [0.25, 0.3) is 0 Å². The third kappa shape index (κ3) is 5.01. The summed E-state index contributed by atoms with van der Waals surface area (Å²) in [6.07, 6.45) is 6.06. The van der Waals surface area contributed by atoms with Gasteiger partial charge in [-0.3, -0.25) is 14.8 Å². The summed E-state index contributed by atoms with van der Waals surface area (Å²) >= 11 is 0. The number of hydroxylamine groups is 2. The third-order valence-corrected chi connectivity index (χ3v) is 5.52. The van der Waals surface area contributed by atoms with Crippen LogP contribution in [0.3, 0.4) is 0 Å². The summed E-state index contributed by atoms with van der Waals surface area (Å²) in [5, 5.41) is 15.9. The lowest BCUT2D eigenvalue weighted by Gasteiger charge is -2.32. The Labute approximate surface area is 165 Å². The number of hydrogen-bond donors (Lipinski definition) is 2. The number of anilines is 1. The number of carbonyl (C=O) groups is 3.